The lowest BCUT2D eigenvalue weighted by atomic mass is 10.2. The molecular formula is C8H13NO2. The number of hydrogen-bond acceptors (Lipinski definition) is 3. The Morgan fingerprint density at radius 1 is 2.00 bits per heavy atom. The van der Waals surface area contributed by atoms with Crippen LogP contribution >= 0.6 is 0 Å². The van der Waals surface area contributed by atoms with E-state index in [2.05, 4.69) is 6.58 Å². The summed E-state index contributed by atoms with van der Waals surface area (Å²) >= 11 is 0. The molecule has 1 aliphatic rings. The number of esters is 1. The summed E-state index contributed by atoms with van der Waals surface area (Å²) < 4.78 is 4.79. The van der Waals surface area contributed by atoms with Gasteiger partial charge in [0.25, 0.3) is 0 Å². The monoisotopic (exact) mass is 155 g/mol. The molecule has 0 unspecified atom stereocenters. The van der Waals surface area contributed by atoms with Gasteiger partial charge in [-0.2, -0.15) is 0 Å². The van der Waals surface area contributed by atoms with Gasteiger partial charge in [0.05, 0.1) is 6.61 Å². The molecule has 62 valence electrons. The number of ether oxygens (including phenoxy) is 1. The zero-order valence-electron chi connectivity index (χ0n) is 6.67. The molecule has 1 rings (SSSR count). The van der Waals surface area contributed by atoms with Crippen molar-refractivity contribution in [1.82, 2.24) is 0 Å². The molecular weight excluding hydrogens is 142 g/mol. The van der Waals surface area contributed by atoms with Crippen molar-refractivity contribution in [1.29, 1.82) is 0 Å². The van der Waals surface area contributed by atoms with E-state index in [9.17, 15) is 4.79 Å². The molecule has 1 aliphatic carbocycles. The van der Waals surface area contributed by atoms with Gasteiger partial charge >= 0.3 is 5.97 Å². The van der Waals surface area contributed by atoms with Crippen molar-refractivity contribution >= 4 is 5.97 Å². The molecule has 0 amide bonds. The van der Waals surface area contributed by atoms with Crippen LogP contribution in [0.25, 0.3) is 0 Å². The lowest BCUT2D eigenvalue weighted by Gasteiger charge is -2.07. The number of nitrogens with two attached hydrogens (primary N) is 1. The highest BCUT2D eigenvalue weighted by atomic mass is 16.5. The van der Waals surface area contributed by atoms with Crippen LogP contribution in [0, 0.1) is 5.92 Å². The number of hydrogen-bond donors (Lipinski definition) is 1. The maximum Gasteiger partial charge on any atom is 0.326 e. The minimum atomic E-state index is -0.752. The van der Waals surface area contributed by atoms with Gasteiger partial charge in [0.1, 0.15) is 5.54 Å². The highest BCUT2D eigenvalue weighted by molar-refractivity contribution is 5.85. The predicted octanol–water partition coefficient (Wildman–Crippen LogP) is 0.453. The van der Waals surface area contributed by atoms with E-state index < -0.39 is 5.54 Å². The second-order valence-electron chi connectivity index (χ2n) is 2.81. The Kier molecular flexibility index (Phi) is 2.00. The third-order valence-corrected chi connectivity index (χ3v) is 2.00. The highest BCUT2D eigenvalue weighted by Crippen LogP contribution is 2.42. The first-order chi connectivity index (χ1) is 5.15. The van der Waals surface area contributed by atoms with Crippen molar-refractivity contribution in [2.75, 3.05) is 6.61 Å². The minimum Gasteiger partial charge on any atom is -0.465 e. The Balaban J connectivity index is 2.49. The molecule has 0 aromatic rings. The number of carbonyl (C=O) groups is 1. The van der Waals surface area contributed by atoms with E-state index in [1.165, 1.54) is 0 Å². The summed E-state index contributed by atoms with van der Waals surface area (Å²) in [7, 11) is 0. The lowest BCUT2D eigenvalue weighted by Crippen LogP contribution is -2.36. The molecule has 1 fully saturated rings. The van der Waals surface area contributed by atoms with Crippen LogP contribution in [-0.4, -0.2) is 18.1 Å². The first-order valence-corrected chi connectivity index (χ1v) is 3.73. The quantitative estimate of drug-likeness (QED) is 0.475. The summed E-state index contributed by atoms with van der Waals surface area (Å²) in [6.07, 6.45) is 2.38. The Morgan fingerprint density at radius 2 is 2.64 bits per heavy atom. The van der Waals surface area contributed by atoms with Crippen molar-refractivity contribution in [3.8, 4) is 0 Å². The zero-order chi connectivity index (χ0) is 8.48. The molecule has 0 spiro atoms. The smallest absolute Gasteiger partial charge is 0.326 e. The zero-order valence-corrected chi connectivity index (χ0v) is 6.67. The fourth-order valence-electron chi connectivity index (χ4n) is 1.10. The molecule has 0 aromatic carbocycles. The van der Waals surface area contributed by atoms with Gasteiger partial charge in [-0.3, -0.25) is 4.79 Å². The Labute approximate surface area is 66.2 Å². The van der Waals surface area contributed by atoms with E-state index in [1.54, 1.807) is 13.0 Å². The molecule has 0 aromatic heterocycles. The molecule has 0 saturated heterocycles. The van der Waals surface area contributed by atoms with Crippen LogP contribution in [0.3, 0.4) is 0 Å². The van der Waals surface area contributed by atoms with Gasteiger partial charge < -0.3 is 10.5 Å². The van der Waals surface area contributed by atoms with Gasteiger partial charge in [-0.05, 0) is 13.3 Å². The van der Waals surface area contributed by atoms with Crippen LogP contribution in [-0.2, 0) is 9.53 Å². The highest BCUT2D eigenvalue weighted by Gasteiger charge is 2.56. The van der Waals surface area contributed by atoms with Gasteiger partial charge in [0.2, 0.25) is 0 Å². The van der Waals surface area contributed by atoms with E-state index in [1.807, 2.05) is 0 Å². The standard InChI is InChI=1S/C8H13NO2/c1-3-6-5-8(6,9)7(10)11-4-2/h3,6H,1,4-5,9H2,2H3/t6-,8+/m1/s1. The molecule has 0 bridgehead atoms. The topological polar surface area (TPSA) is 52.3 Å². The molecule has 2 N–H and O–H groups in total. The predicted molar refractivity (Wildman–Crippen MR) is 41.9 cm³/mol. The number of carbonyl (C=O) groups excluding carboxylic acids is 1. The van der Waals surface area contributed by atoms with Crippen molar-refractivity contribution in [3.63, 3.8) is 0 Å². The summed E-state index contributed by atoms with van der Waals surface area (Å²) in [6.45, 7) is 5.73. The summed E-state index contributed by atoms with van der Waals surface area (Å²) in [5.41, 5.74) is 4.93. The Bertz CT molecular complexity index is 191. The third-order valence-electron chi connectivity index (χ3n) is 2.00. The molecule has 1 saturated carbocycles. The summed E-state index contributed by atoms with van der Waals surface area (Å²) in [5.74, 6) is -0.188. The van der Waals surface area contributed by atoms with Gasteiger partial charge in [0, 0.05) is 5.92 Å². The first-order valence-electron chi connectivity index (χ1n) is 3.73. The van der Waals surface area contributed by atoms with E-state index in [0.29, 0.717) is 13.0 Å². The molecule has 3 heteroatoms. The molecule has 11 heavy (non-hydrogen) atoms. The van der Waals surface area contributed by atoms with Gasteiger partial charge in [-0.1, -0.05) is 6.08 Å². The van der Waals surface area contributed by atoms with E-state index >= 15 is 0 Å². The first kappa shape index (κ1) is 8.27. The second-order valence-corrected chi connectivity index (χ2v) is 2.81. The lowest BCUT2D eigenvalue weighted by molar-refractivity contribution is -0.146. The van der Waals surface area contributed by atoms with Crippen LogP contribution in [0.5, 0.6) is 0 Å². The normalized spacial score (nSPS) is 34.5. The average Bonchev–Trinajstić information content (AvgIpc) is 2.64. The molecule has 0 heterocycles. The van der Waals surface area contributed by atoms with Crippen LogP contribution in [0.2, 0.25) is 0 Å². The third kappa shape index (κ3) is 1.28. The van der Waals surface area contributed by atoms with Gasteiger partial charge in [-0.15, -0.1) is 6.58 Å². The Morgan fingerprint density at radius 3 is 3.00 bits per heavy atom. The SMILES string of the molecule is C=C[C@@H]1C[C@@]1(N)C(=O)OCC. The summed E-state index contributed by atoms with van der Waals surface area (Å²) in [6, 6.07) is 0. The number of rotatable bonds is 3. The second kappa shape index (κ2) is 2.66. The fourth-order valence-corrected chi connectivity index (χ4v) is 1.10. The minimum absolute atomic E-state index is 0.113. The van der Waals surface area contributed by atoms with Gasteiger partial charge in [-0.25, -0.2) is 0 Å². The molecule has 0 aliphatic heterocycles. The van der Waals surface area contributed by atoms with Crippen LogP contribution < -0.4 is 5.73 Å². The maximum absolute atomic E-state index is 11.1. The van der Waals surface area contributed by atoms with Crippen molar-refractivity contribution in [2.24, 2.45) is 11.7 Å². The van der Waals surface area contributed by atoms with Crippen LogP contribution in [0.15, 0.2) is 12.7 Å². The summed E-state index contributed by atoms with van der Waals surface area (Å²) in [5, 5.41) is 0. The van der Waals surface area contributed by atoms with Crippen molar-refractivity contribution < 1.29 is 9.53 Å². The van der Waals surface area contributed by atoms with Crippen LogP contribution in [0.1, 0.15) is 13.3 Å². The molecule has 3 nitrogen and oxygen atoms in total. The maximum atomic E-state index is 11.1. The van der Waals surface area contributed by atoms with E-state index in [-0.39, 0.29) is 11.9 Å². The van der Waals surface area contributed by atoms with Gasteiger partial charge in [0.15, 0.2) is 0 Å². The average molecular weight is 155 g/mol. The van der Waals surface area contributed by atoms with E-state index in [4.69, 9.17) is 10.5 Å². The van der Waals surface area contributed by atoms with Crippen molar-refractivity contribution in [3.05, 3.63) is 12.7 Å². The molecule has 2 atom stereocenters. The van der Waals surface area contributed by atoms with E-state index in [0.717, 1.165) is 0 Å². The van der Waals surface area contributed by atoms with Crippen molar-refractivity contribution in [2.45, 2.75) is 18.9 Å². The molecule has 0 radical (unpaired) electrons. The largest absolute Gasteiger partial charge is 0.465 e. The van der Waals surface area contributed by atoms with Crippen LogP contribution in [0.4, 0.5) is 0 Å². The fraction of sp³-hybridized carbons (Fsp3) is 0.625. The summed E-state index contributed by atoms with van der Waals surface area (Å²) in [4.78, 5) is 11.1. The Hall–Kier alpha value is -0.830.